The third-order valence-electron chi connectivity index (χ3n) is 3.46. The number of hydrogen-bond donors (Lipinski definition) is 0. The van der Waals surface area contributed by atoms with Gasteiger partial charge in [-0.05, 0) is 39.8 Å². The van der Waals surface area contributed by atoms with E-state index in [1.807, 2.05) is 13.8 Å². The molecule has 1 saturated heterocycles. The van der Waals surface area contributed by atoms with E-state index in [4.69, 9.17) is 0 Å². The summed E-state index contributed by atoms with van der Waals surface area (Å²) in [7, 11) is 1.77. The van der Waals surface area contributed by atoms with Crippen LogP contribution in [0, 0.1) is 5.82 Å². The fraction of sp³-hybridized carbons (Fsp3) is 0.786. The third-order valence-corrected chi connectivity index (χ3v) is 3.46. The van der Waals surface area contributed by atoms with Crippen LogP contribution in [0.4, 0.5) is 4.39 Å². The van der Waals surface area contributed by atoms with Gasteiger partial charge in [0, 0.05) is 19.0 Å². The summed E-state index contributed by atoms with van der Waals surface area (Å²) in [5, 5.41) is 4.23. The summed E-state index contributed by atoms with van der Waals surface area (Å²) in [4.78, 5) is 2.44. The molecule has 1 aliphatic heterocycles. The summed E-state index contributed by atoms with van der Waals surface area (Å²) < 4.78 is 15.1. The molecule has 1 aliphatic rings. The Morgan fingerprint density at radius 3 is 2.22 bits per heavy atom. The minimum atomic E-state index is -0.148. The zero-order chi connectivity index (χ0) is 13.7. The molecule has 0 unspecified atom stereocenters. The lowest BCUT2D eigenvalue weighted by molar-refractivity contribution is 0.169. The monoisotopic (exact) mass is 255 g/mol. The second-order valence-corrected chi connectivity index (χ2v) is 4.94. The second kappa shape index (κ2) is 6.88. The molecule has 2 rings (SSSR count). The normalized spacial score (nSPS) is 17.7. The molecule has 1 fully saturated rings. The Kier molecular flexibility index (Phi) is 5.79. The van der Waals surface area contributed by atoms with Gasteiger partial charge in [-0.15, -0.1) is 0 Å². The van der Waals surface area contributed by atoms with Gasteiger partial charge in [0.2, 0.25) is 0 Å². The van der Waals surface area contributed by atoms with E-state index in [1.165, 1.54) is 6.20 Å². The standard InChI is InChI=1S/C12H20FN3.C2H6/c1-9(2)16-6-4-10(5-7-16)12-11(13)8-15(3)14-12;1-2/h8-10H,4-7H2,1-3H3;1-2H3. The van der Waals surface area contributed by atoms with Gasteiger partial charge in [-0.2, -0.15) is 5.10 Å². The molecule has 1 aromatic rings. The smallest absolute Gasteiger partial charge is 0.164 e. The molecule has 0 saturated carbocycles. The van der Waals surface area contributed by atoms with Crippen LogP contribution in [0.1, 0.15) is 52.1 Å². The highest BCUT2D eigenvalue weighted by Gasteiger charge is 2.25. The van der Waals surface area contributed by atoms with E-state index >= 15 is 0 Å². The highest BCUT2D eigenvalue weighted by Crippen LogP contribution is 2.29. The number of hydrogen-bond acceptors (Lipinski definition) is 2. The summed E-state index contributed by atoms with van der Waals surface area (Å²) >= 11 is 0. The number of likely N-dealkylation sites (tertiary alicyclic amines) is 1. The molecular weight excluding hydrogens is 229 g/mol. The first-order valence-electron chi connectivity index (χ1n) is 7.01. The van der Waals surface area contributed by atoms with Crippen molar-refractivity contribution in [1.29, 1.82) is 0 Å². The molecule has 0 radical (unpaired) electrons. The first-order valence-corrected chi connectivity index (χ1v) is 7.01. The molecule has 104 valence electrons. The largest absolute Gasteiger partial charge is 0.301 e. The Labute approximate surface area is 110 Å². The van der Waals surface area contributed by atoms with E-state index < -0.39 is 0 Å². The highest BCUT2D eigenvalue weighted by molar-refractivity contribution is 5.10. The molecule has 0 amide bonds. The third kappa shape index (κ3) is 3.55. The van der Waals surface area contributed by atoms with Gasteiger partial charge in [0.1, 0.15) is 5.69 Å². The second-order valence-electron chi connectivity index (χ2n) is 4.94. The molecule has 0 spiro atoms. The minimum Gasteiger partial charge on any atom is -0.301 e. The van der Waals surface area contributed by atoms with Gasteiger partial charge in [0.15, 0.2) is 5.82 Å². The van der Waals surface area contributed by atoms with E-state index in [9.17, 15) is 4.39 Å². The quantitative estimate of drug-likeness (QED) is 0.809. The average molecular weight is 255 g/mol. The molecule has 0 aliphatic carbocycles. The summed E-state index contributed by atoms with van der Waals surface area (Å²) in [6.45, 7) is 10.5. The molecule has 3 nitrogen and oxygen atoms in total. The van der Waals surface area contributed by atoms with E-state index in [1.54, 1.807) is 11.7 Å². The van der Waals surface area contributed by atoms with Gasteiger partial charge in [-0.25, -0.2) is 4.39 Å². The van der Waals surface area contributed by atoms with Gasteiger partial charge in [0.25, 0.3) is 0 Å². The van der Waals surface area contributed by atoms with Crippen LogP contribution in [-0.2, 0) is 7.05 Å². The van der Waals surface area contributed by atoms with E-state index in [0.717, 1.165) is 25.9 Å². The average Bonchev–Trinajstić information content (AvgIpc) is 2.71. The zero-order valence-electron chi connectivity index (χ0n) is 12.3. The predicted molar refractivity (Wildman–Crippen MR) is 73.2 cm³/mol. The number of piperidine rings is 1. The first-order chi connectivity index (χ1) is 8.58. The van der Waals surface area contributed by atoms with Crippen LogP contribution in [0.15, 0.2) is 6.20 Å². The topological polar surface area (TPSA) is 21.1 Å². The maximum absolute atomic E-state index is 13.6. The summed E-state index contributed by atoms with van der Waals surface area (Å²) in [5.74, 6) is 0.154. The Balaban J connectivity index is 0.000000771. The Morgan fingerprint density at radius 1 is 1.28 bits per heavy atom. The van der Waals surface area contributed by atoms with Crippen molar-refractivity contribution in [2.75, 3.05) is 13.1 Å². The maximum atomic E-state index is 13.6. The molecule has 2 heterocycles. The Morgan fingerprint density at radius 2 is 1.83 bits per heavy atom. The van der Waals surface area contributed by atoms with Crippen LogP contribution < -0.4 is 0 Å². The molecule has 4 heteroatoms. The molecule has 0 bridgehead atoms. The van der Waals surface area contributed by atoms with Gasteiger partial charge in [-0.3, -0.25) is 4.68 Å². The van der Waals surface area contributed by atoms with Gasteiger partial charge < -0.3 is 4.90 Å². The van der Waals surface area contributed by atoms with Gasteiger partial charge in [-0.1, -0.05) is 13.8 Å². The highest BCUT2D eigenvalue weighted by atomic mass is 19.1. The van der Waals surface area contributed by atoms with Crippen molar-refractivity contribution in [3.05, 3.63) is 17.7 Å². The van der Waals surface area contributed by atoms with Crippen molar-refractivity contribution in [2.24, 2.45) is 7.05 Å². The van der Waals surface area contributed by atoms with Crippen molar-refractivity contribution >= 4 is 0 Å². The molecule has 0 N–H and O–H groups in total. The fourth-order valence-electron chi connectivity index (χ4n) is 2.44. The number of aromatic nitrogens is 2. The number of halogens is 1. The minimum absolute atomic E-state index is 0.148. The van der Waals surface area contributed by atoms with Crippen LogP contribution in [-0.4, -0.2) is 33.8 Å². The van der Waals surface area contributed by atoms with Gasteiger partial charge in [0.05, 0.1) is 6.20 Å². The molecular formula is C14H26FN3. The first kappa shape index (κ1) is 15.2. The number of aryl methyl sites for hydroxylation is 1. The number of nitrogens with zero attached hydrogens (tertiary/aromatic N) is 3. The Bertz CT molecular complexity index is 352. The SMILES string of the molecule is CC.CC(C)N1CCC(c2nn(C)cc2F)CC1. The molecule has 18 heavy (non-hydrogen) atoms. The van der Waals surface area contributed by atoms with Crippen LogP contribution in [0.3, 0.4) is 0 Å². The van der Waals surface area contributed by atoms with Crippen molar-refractivity contribution in [3.63, 3.8) is 0 Å². The summed E-state index contributed by atoms with van der Waals surface area (Å²) in [6.07, 6.45) is 3.50. The number of rotatable bonds is 2. The lowest BCUT2D eigenvalue weighted by atomic mass is 9.93. The van der Waals surface area contributed by atoms with E-state index in [-0.39, 0.29) is 5.82 Å². The molecule has 0 atom stereocenters. The maximum Gasteiger partial charge on any atom is 0.164 e. The lowest BCUT2D eigenvalue weighted by Gasteiger charge is -2.33. The van der Waals surface area contributed by atoms with Crippen LogP contribution >= 0.6 is 0 Å². The Hall–Kier alpha value is -0.900. The fourth-order valence-corrected chi connectivity index (χ4v) is 2.44. The van der Waals surface area contributed by atoms with Crippen LogP contribution in [0.25, 0.3) is 0 Å². The van der Waals surface area contributed by atoms with Crippen molar-refractivity contribution in [3.8, 4) is 0 Å². The van der Waals surface area contributed by atoms with Crippen LogP contribution in [0.5, 0.6) is 0 Å². The van der Waals surface area contributed by atoms with Crippen LogP contribution in [0.2, 0.25) is 0 Å². The van der Waals surface area contributed by atoms with Crippen molar-refractivity contribution in [2.45, 2.75) is 52.5 Å². The lowest BCUT2D eigenvalue weighted by Crippen LogP contribution is -2.38. The van der Waals surface area contributed by atoms with E-state index in [0.29, 0.717) is 17.7 Å². The molecule has 0 aromatic carbocycles. The predicted octanol–water partition coefficient (Wildman–Crippen LogP) is 3.17. The summed E-state index contributed by atoms with van der Waals surface area (Å²) in [6, 6.07) is 0.592. The molecule has 1 aromatic heterocycles. The van der Waals surface area contributed by atoms with E-state index in [2.05, 4.69) is 23.8 Å². The van der Waals surface area contributed by atoms with Crippen molar-refractivity contribution in [1.82, 2.24) is 14.7 Å². The zero-order valence-corrected chi connectivity index (χ0v) is 12.3. The van der Waals surface area contributed by atoms with Crippen molar-refractivity contribution < 1.29 is 4.39 Å². The van der Waals surface area contributed by atoms with Gasteiger partial charge >= 0.3 is 0 Å². The summed E-state index contributed by atoms with van der Waals surface area (Å²) in [5.41, 5.74) is 0.658.